The molecule has 0 fully saturated rings. The fourth-order valence-electron chi connectivity index (χ4n) is 1.51. The molecule has 1 atom stereocenters. The number of nitrogens with two attached hydrogens (primary N) is 1. The molecule has 0 saturated carbocycles. The second-order valence-electron chi connectivity index (χ2n) is 3.96. The van der Waals surface area contributed by atoms with E-state index in [2.05, 4.69) is 4.99 Å². The molecule has 1 aromatic rings. The van der Waals surface area contributed by atoms with Gasteiger partial charge in [-0.1, -0.05) is 25.4 Å². The summed E-state index contributed by atoms with van der Waals surface area (Å²) in [6.45, 7) is 4.45. The second-order valence-corrected chi connectivity index (χ2v) is 4.36. The number of ether oxygens (including phenoxy) is 1. The van der Waals surface area contributed by atoms with Gasteiger partial charge in [-0.05, 0) is 43.1 Å². The van der Waals surface area contributed by atoms with E-state index in [9.17, 15) is 4.79 Å². The van der Waals surface area contributed by atoms with Crippen LogP contribution in [0.3, 0.4) is 0 Å². The molecular weight excluding hydrogens is 292 g/mol. The number of halogens is 1. The van der Waals surface area contributed by atoms with E-state index in [4.69, 9.17) is 27.2 Å². The molecule has 1 aromatic carbocycles. The third-order valence-electron chi connectivity index (χ3n) is 2.55. The van der Waals surface area contributed by atoms with Crippen LogP contribution in [0.2, 0.25) is 5.02 Å². The van der Waals surface area contributed by atoms with Gasteiger partial charge in [-0.2, -0.15) is 0 Å². The zero-order chi connectivity index (χ0) is 16.3. The minimum Gasteiger partial charge on any atom is -0.495 e. The van der Waals surface area contributed by atoms with Gasteiger partial charge in [0, 0.05) is 6.21 Å². The molecular formula is C15H23ClN2O3. The third-order valence-corrected chi connectivity index (χ3v) is 2.84. The van der Waals surface area contributed by atoms with Gasteiger partial charge in [-0.3, -0.25) is 4.99 Å². The summed E-state index contributed by atoms with van der Waals surface area (Å²) in [7, 11) is 1.53. The van der Waals surface area contributed by atoms with Crippen molar-refractivity contribution < 1.29 is 14.6 Å². The summed E-state index contributed by atoms with van der Waals surface area (Å²) >= 11 is 5.97. The van der Waals surface area contributed by atoms with Gasteiger partial charge in [0.15, 0.2) is 0 Å². The number of carboxylic acids is 1. The van der Waals surface area contributed by atoms with Crippen molar-refractivity contribution >= 4 is 23.8 Å². The molecule has 0 aliphatic heterocycles. The number of aliphatic imine (C=N–C) groups is 1. The Hall–Kier alpha value is -1.59. The first-order chi connectivity index (χ1) is 10.1. The van der Waals surface area contributed by atoms with Crippen LogP contribution in [0.15, 0.2) is 23.2 Å². The largest absolute Gasteiger partial charge is 0.495 e. The van der Waals surface area contributed by atoms with Crippen molar-refractivity contribution in [3.05, 3.63) is 28.8 Å². The number of aliphatic carboxylic acids is 1. The summed E-state index contributed by atoms with van der Waals surface area (Å²) in [4.78, 5) is 15.0. The third kappa shape index (κ3) is 7.11. The lowest BCUT2D eigenvalue weighted by molar-refractivity contribution is -0.138. The molecule has 5 nitrogen and oxygen atoms in total. The van der Waals surface area contributed by atoms with Gasteiger partial charge in [0.05, 0.1) is 12.1 Å². The first-order valence-corrected chi connectivity index (χ1v) is 7.26. The van der Waals surface area contributed by atoms with Crippen LogP contribution in [0.4, 0.5) is 0 Å². The Morgan fingerprint density at radius 1 is 1.52 bits per heavy atom. The van der Waals surface area contributed by atoms with Crippen LogP contribution in [0.1, 0.15) is 32.3 Å². The molecule has 21 heavy (non-hydrogen) atoms. The summed E-state index contributed by atoms with van der Waals surface area (Å²) in [5.41, 5.74) is 6.09. The Labute approximate surface area is 130 Å². The molecule has 0 aromatic heterocycles. The predicted molar refractivity (Wildman–Crippen MR) is 86.7 cm³/mol. The standard InChI is InChI=1S/C13H17ClN2O3.C2H6/c1-19-12-5-4-9(7-10(12)14)8-16-11(13(17)18)3-2-6-15;1-2/h4-5,7-8,11H,2-3,6,15H2,1H3,(H,17,18);1-2H3. The minimum atomic E-state index is -0.954. The summed E-state index contributed by atoms with van der Waals surface area (Å²) in [6.07, 6.45) is 2.55. The summed E-state index contributed by atoms with van der Waals surface area (Å²) in [6, 6.07) is 4.37. The van der Waals surface area contributed by atoms with Gasteiger partial charge in [0.2, 0.25) is 0 Å². The summed E-state index contributed by atoms with van der Waals surface area (Å²) in [5, 5.41) is 9.47. The Balaban J connectivity index is 0.00000191. The van der Waals surface area contributed by atoms with E-state index < -0.39 is 12.0 Å². The fraction of sp³-hybridized carbons (Fsp3) is 0.467. The molecule has 0 aliphatic carbocycles. The van der Waals surface area contributed by atoms with Crippen LogP contribution in [0, 0.1) is 0 Å². The molecule has 0 aliphatic rings. The SMILES string of the molecule is CC.COc1ccc(C=NC(CCCN)C(=O)O)cc1Cl. The van der Waals surface area contributed by atoms with Crippen molar-refractivity contribution in [2.45, 2.75) is 32.7 Å². The molecule has 1 unspecified atom stereocenters. The molecule has 0 heterocycles. The monoisotopic (exact) mass is 314 g/mol. The summed E-state index contributed by atoms with van der Waals surface area (Å²) in [5.74, 6) is -0.388. The number of carboxylic acid groups (broad SMARTS) is 1. The molecule has 3 N–H and O–H groups in total. The van der Waals surface area contributed by atoms with Crippen molar-refractivity contribution in [3.8, 4) is 5.75 Å². The normalized spacial score (nSPS) is 11.7. The van der Waals surface area contributed by atoms with Crippen LogP contribution in [0.5, 0.6) is 5.75 Å². The topological polar surface area (TPSA) is 84.9 Å². The van der Waals surface area contributed by atoms with E-state index in [1.165, 1.54) is 13.3 Å². The maximum Gasteiger partial charge on any atom is 0.328 e. The van der Waals surface area contributed by atoms with Crippen LogP contribution >= 0.6 is 11.6 Å². The van der Waals surface area contributed by atoms with Gasteiger partial charge < -0.3 is 15.6 Å². The van der Waals surface area contributed by atoms with Crippen molar-refractivity contribution in [2.24, 2.45) is 10.7 Å². The first-order valence-electron chi connectivity index (χ1n) is 6.88. The second kappa shape index (κ2) is 11.1. The molecule has 1 rings (SSSR count). The van der Waals surface area contributed by atoms with Gasteiger partial charge in [-0.25, -0.2) is 4.79 Å². The number of benzene rings is 1. The molecule has 0 amide bonds. The Morgan fingerprint density at radius 3 is 2.67 bits per heavy atom. The lowest BCUT2D eigenvalue weighted by atomic mass is 10.1. The number of hydrogen-bond acceptors (Lipinski definition) is 4. The Morgan fingerprint density at radius 2 is 2.19 bits per heavy atom. The van der Waals surface area contributed by atoms with Gasteiger partial charge in [0.1, 0.15) is 11.8 Å². The highest BCUT2D eigenvalue weighted by molar-refractivity contribution is 6.32. The van der Waals surface area contributed by atoms with Gasteiger partial charge >= 0.3 is 5.97 Å². The quantitative estimate of drug-likeness (QED) is 0.758. The van der Waals surface area contributed by atoms with Crippen molar-refractivity contribution in [1.29, 1.82) is 0 Å². The smallest absolute Gasteiger partial charge is 0.328 e. The van der Waals surface area contributed by atoms with E-state index in [1.807, 2.05) is 13.8 Å². The van der Waals surface area contributed by atoms with Crippen molar-refractivity contribution in [2.75, 3.05) is 13.7 Å². The molecule has 0 radical (unpaired) electrons. The number of hydrogen-bond donors (Lipinski definition) is 2. The summed E-state index contributed by atoms with van der Waals surface area (Å²) < 4.78 is 5.03. The highest BCUT2D eigenvalue weighted by Crippen LogP contribution is 2.24. The average Bonchev–Trinajstić information content (AvgIpc) is 2.49. The molecule has 118 valence electrons. The highest BCUT2D eigenvalue weighted by Gasteiger charge is 2.14. The van der Waals surface area contributed by atoms with E-state index in [1.54, 1.807) is 18.2 Å². The fourth-order valence-corrected chi connectivity index (χ4v) is 1.78. The highest BCUT2D eigenvalue weighted by atomic mass is 35.5. The van der Waals surface area contributed by atoms with Crippen molar-refractivity contribution in [3.63, 3.8) is 0 Å². The van der Waals surface area contributed by atoms with Crippen LogP contribution in [-0.2, 0) is 4.79 Å². The molecule has 6 heteroatoms. The Bertz CT molecular complexity index is 464. The van der Waals surface area contributed by atoms with E-state index in [-0.39, 0.29) is 0 Å². The van der Waals surface area contributed by atoms with Gasteiger partial charge in [-0.15, -0.1) is 0 Å². The average molecular weight is 315 g/mol. The maximum absolute atomic E-state index is 11.0. The van der Waals surface area contributed by atoms with E-state index >= 15 is 0 Å². The van der Waals surface area contributed by atoms with Gasteiger partial charge in [0.25, 0.3) is 0 Å². The zero-order valence-corrected chi connectivity index (χ0v) is 13.4. The lowest BCUT2D eigenvalue weighted by Gasteiger charge is -2.06. The molecule has 0 saturated heterocycles. The predicted octanol–water partition coefficient (Wildman–Crippen LogP) is 2.99. The number of nitrogens with zero attached hydrogens (tertiary/aromatic N) is 1. The lowest BCUT2D eigenvalue weighted by Crippen LogP contribution is -2.19. The molecule has 0 bridgehead atoms. The molecule has 0 spiro atoms. The Kier molecular flexibility index (Phi) is 10.3. The van der Waals surface area contributed by atoms with Crippen LogP contribution in [-0.4, -0.2) is 37.0 Å². The number of rotatable bonds is 7. The van der Waals surface area contributed by atoms with Crippen molar-refractivity contribution in [1.82, 2.24) is 0 Å². The number of carbonyl (C=O) groups is 1. The van der Waals surface area contributed by atoms with Crippen LogP contribution in [0.25, 0.3) is 0 Å². The first kappa shape index (κ1) is 19.4. The zero-order valence-electron chi connectivity index (χ0n) is 12.7. The van der Waals surface area contributed by atoms with E-state index in [0.29, 0.717) is 30.2 Å². The van der Waals surface area contributed by atoms with E-state index in [0.717, 1.165) is 5.56 Å². The minimum absolute atomic E-state index is 0.423. The van der Waals surface area contributed by atoms with Crippen LogP contribution < -0.4 is 10.5 Å². The number of methoxy groups -OCH3 is 1. The maximum atomic E-state index is 11.0.